The average molecular weight is 316 g/mol. The van der Waals surface area contributed by atoms with Gasteiger partial charge in [-0.2, -0.15) is 0 Å². The molecule has 1 aromatic carbocycles. The molecule has 5 heteroatoms. The van der Waals surface area contributed by atoms with Crippen molar-refractivity contribution in [2.24, 2.45) is 0 Å². The van der Waals surface area contributed by atoms with Gasteiger partial charge in [0.25, 0.3) is 0 Å². The first-order valence-corrected chi connectivity index (χ1v) is 6.94. The first-order valence-electron chi connectivity index (χ1n) is 6.15. The van der Waals surface area contributed by atoms with E-state index in [1.165, 1.54) is 6.07 Å². The summed E-state index contributed by atoms with van der Waals surface area (Å²) in [5.74, 6) is 0.853. The minimum atomic E-state index is -0.335. The van der Waals surface area contributed by atoms with Crippen LogP contribution in [0, 0.1) is 5.82 Å². The molecule has 0 amide bonds. The van der Waals surface area contributed by atoms with E-state index < -0.39 is 0 Å². The van der Waals surface area contributed by atoms with E-state index in [2.05, 4.69) is 21.2 Å². The summed E-state index contributed by atoms with van der Waals surface area (Å²) in [6.45, 7) is 3.91. The van der Waals surface area contributed by atoms with Crippen LogP contribution in [-0.2, 0) is 5.54 Å². The quantitative estimate of drug-likeness (QED) is 0.864. The molecule has 0 saturated carbocycles. The summed E-state index contributed by atoms with van der Waals surface area (Å²) in [4.78, 5) is 0. The SMILES string of the molecule is CC1(c2c(F)cc3c(c2Br)OCCO3)CCCN1. The number of ether oxygens (including phenoxy) is 2. The first kappa shape index (κ1) is 12.2. The van der Waals surface area contributed by atoms with Crippen molar-refractivity contribution in [2.45, 2.75) is 25.3 Å². The third kappa shape index (κ3) is 1.80. The Morgan fingerprint density at radius 1 is 1.39 bits per heavy atom. The Bertz CT molecular complexity index is 486. The largest absolute Gasteiger partial charge is 0.486 e. The molecule has 1 unspecified atom stereocenters. The van der Waals surface area contributed by atoms with Crippen LogP contribution in [0.5, 0.6) is 11.5 Å². The molecule has 2 aliphatic rings. The van der Waals surface area contributed by atoms with Crippen molar-refractivity contribution in [2.75, 3.05) is 19.8 Å². The fraction of sp³-hybridized carbons (Fsp3) is 0.538. The van der Waals surface area contributed by atoms with Crippen LogP contribution in [0.2, 0.25) is 0 Å². The summed E-state index contributed by atoms with van der Waals surface area (Å²) in [5, 5.41) is 3.37. The average Bonchev–Trinajstić information content (AvgIpc) is 2.77. The molecule has 0 radical (unpaired) electrons. The zero-order valence-electron chi connectivity index (χ0n) is 10.2. The molecule has 3 rings (SSSR count). The third-order valence-electron chi connectivity index (χ3n) is 3.65. The summed E-state index contributed by atoms with van der Waals surface area (Å²) >= 11 is 3.48. The first-order chi connectivity index (χ1) is 8.62. The molecule has 1 aromatic rings. The number of benzene rings is 1. The maximum Gasteiger partial charge on any atom is 0.176 e. The lowest BCUT2D eigenvalue weighted by molar-refractivity contribution is 0.168. The number of nitrogens with one attached hydrogen (secondary N) is 1. The van der Waals surface area contributed by atoms with Crippen LogP contribution in [0.4, 0.5) is 4.39 Å². The van der Waals surface area contributed by atoms with Gasteiger partial charge in [0, 0.05) is 17.2 Å². The van der Waals surface area contributed by atoms with Crippen LogP contribution in [0.25, 0.3) is 0 Å². The number of halogens is 2. The van der Waals surface area contributed by atoms with Crippen molar-refractivity contribution < 1.29 is 13.9 Å². The highest BCUT2D eigenvalue weighted by atomic mass is 79.9. The van der Waals surface area contributed by atoms with Gasteiger partial charge in [-0.05, 0) is 42.2 Å². The lowest BCUT2D eigenvalue weighted by Crippen LogP contribution is -2.35. The Labute approximate surface area is 114 Å². The van der Waals surface area contributed by atoms with Gasteiger partial charge in [-0.25, -0.2) is 4.39 Å². The summed E-state index contributed by atoms with van der Waals surface area (Å²) in [6.07, 6.45) is 1.97. The van der Waals surface area contributed by atoms with Gasteiger partial charge >= 0.3 is 0 Å². The molecule has 2 aliphatic heterocycles. The third-order valence-corrected chi connectivity index (χ3v) is 4.40. The molecule has 3 nitrogen and oxygen atoms in total. The Morgan fingerprint density at radius 3 is 2.89 bits per heavy atom. The van der Waals surface area contributed by atoms with Crippen molar-refractivity contribution in [3.8, 4) is 11.5 Å². The number of hydrogen-bond acceptors (Lipinski definition) is 3. The van der Waals surface area contributed by atoms with Gasteiger partial charge in [0.15, 0.2) is 11.5 Å². The number of rotatable bonds is 1. The molecule has 0 aliphatic carbocycles. The van der Waals surface area contributed by atoms with Crippen molar-refractivity contribution in [1.29, 1.82) is 0 Å². The zero-order chi connectivity index (χ0) is 12.8. The van der Waals surface area contributed by atoms with E-state index in [0.717, 1.165) is 19.4 Å². The topological polar surface area (TPSA) is 30.5 Å². The summed E-state index contributed by atoms with van der Waals surface area (Å²) in [5.41, 5.74) is 0.308. The van der Waals surface area contributed by atoms with Gasteiger partial charge in [0.2, 0.25) is 0 Å². The zero-order valence-corrected chi connectivity index (χ0v) is 11.8. The van der Waals surface area contributed by atoms with Gasteiger partial charge in [-0.1, -0.05) is 0 Å². The summed E-state index contributed by atoms with van der Waals surface area (Å²) in [7, 11) is 0. The Kier molecular flexibility index (Phi) is 2.98. The van der Waals surface area contributed by atoms with E-state index in [1.807, 2.05) is 6.92 Å². The van der Waals surface area contributed by atoms with Crippen molar-refractivity contribution in [3.63, 3.8) is 0 Å². The highest BCUT2D eigenvalue weighted by Gasteiger charge is 2.37. The molecular formula is C13H15BrFNO2. The maximum atomic E-state index is 14.3. The molecule has 0 bridgehead atoms. The van der Waals surface area contributed by atoms with Gasteiger partial charge in [0.1, 0.15) is 19.0 Å². The van der Waals surface area contributed by atoms with Gasteiger partial charge in [-0.3, -0.25) is 0 Å². The predicted octanol–water partition coefficient (Wildman–Crippen LogP) is 2.96. The second-order valence-electron chi connectivity index (χ2n) is 4.93. The smallest absolute Gasteiger partial charge is 0.176 e. The number of fused-ring (bicyclic) bond motifs is 1. The predicted molar refractivity (Wildman–Crippen MR) is 69.7 cm³/mol. The van der Waals surface area contributed by atoms with Gasteiger partial charge in [0.05, 0.1) is 4.47 Å². The van der Waals surface area contributed by atoms with E-state index in [0.29, 0.717) is 34.7 Å². The molecule has 0 spiro atoms. The van der Waals surface area contributed by atoms with E-state index in [9.17, 15) is 4.39 Å². The lowest BCUT2D eigenvalue weighted by atomic mass is 9.89. The fourth-order valence-electron chi connectivity index (χ4n) is 2.73. The lowest BCUT2D eigenvalue weighted by Gasteiger charge is -2.29. The normalized spacial score (nSPS) is 26.4. The van der Waals surface area contributed by atoms with Crippen LogP contribution in [-0.4, -0.2) is 19.8 Å². The standard InChI is InChI=1S/C13H15BrFNO2/c1-13(3-2-4-16-13)10-8(15)7-9-12(11(10)14)18-6-5-17-9/h7,16H,2-6H2,1H3. The highest BCUT2D eigenvalue weighted by Crippen LogP contribution is 2.46. The molecule has 0 aromatic heterocycles. The molecule has 98 valence electrons. The van der Waals surface area contributed by atoms with Crippen LogP contribution in [0.1, 0.15) is 25.3 Å². The maximum absolute atomic E-state index is 14.3. The van der Waals surface area contributed by atoms with E-state index in [4.69, 9.17) is 9.47 Å². The van der Waals surface area contributed by atoms with Crippen LogP contribution in [0.15, 0.2) is 10.5 Å². The van der Waals surface area contributed by atoms with Crippen LogP contribution < -0.4 is 14.8 Å². The second kappa shape index (κ2) is 4.38. The second-order valence-corrected chi connectivity index (χ2v) is 5.73. The van der Waals surface area contributed by atoms with Crippen molar-refractivity contribution in [1.82, 2.24) is 5.32 Å². The van der Waals surface area contributed by atoms with Gasteiger partial charge < -0.3 is 14.8 Å². The molecule has 1 saturated heterocycles. The van der Waals surface area contributed by atoms with Crippen molar-refractivity contribution in [3.05, 3.63) is 21.9 Å². The molecule has 2 heterocycles. The molecule has 1 atom stereocenters. The Balaban J connectivity index is 2.14. The highest BCUT2D eigenvalue weighted by molar-refractivity contribution is 9.10. The van der Waals surface area contributed by atoms with E-state index in [1.54, 1.807) is 0 Å². The Morgan fingerprint density at radius 2 is 2.17 bits per heavy atom. The van der Waals surface area contributed by atoms with E-state index >= 15 is 0 Å². The number of hydrogen-bond donors (Lipinski definition) is 1. The fourth-order valence-corrected chi connectivity index (χ4v) is 3.67. The van der Waals surface area contributed by atoms with Crippen LogP contribution >= 0.6 is 15.9 Å². The molecular weight excluding hydrogens is 301 g/mol. The molecule has 18 heavy (non-hydrogen) atoms. The van der Waals surface area contributed by atoms with Gasteiger partial charge in [-0.15, -0.1) is 0 Å². The molecule has 1 N–H and O–H groups in total. The van der Waals surface area contributed by atoms with E-state index in [-0.39, 0.29) is 11.4 Å². The van der Waals surface area contributed by atoms with Crippen molar-refractivity contribution >= 4 is 15.9 Å². The van der Waals surface area contributed by atoms with Crippen LogP contribution in [0.3, 0.4) is 0 Å². The summed E-state index contributed by atoms with van der Waals surface area (Å²) < 4.78 is 26.0. The monoisotopic (exact) mass is 315 g/mol. The Hall–Kier alpha value is -0.810. The summed E-state index contributed by atoms with van der Waals surface area (Å²) in [6, 6.07) is 1.43. The minimum Gasteiger partial charge on any atom is -0.486 e. The molecule has 1 fully saturated rings. The minimum absolute atomic E-state index is 0.247.